The standard InChI is InChI=1S/C25H28N4O3/c1-14-11-16(3)24(17(4)12-14)27-25(32)18(5)29-23(31)10-9-21(28-29)20-8-7-15(2)22(13-20)26-19(6)30/h7-13,18H,1-6H3,(H,26,30)(H,27,32)/t18-/m0/s1. The normalized spacial score (nSPS) is 11.7. The van der Waals surface area contributed by atoms with Gasteiger partial charge in [-0.05, 0) is 63.4 Å². The summed E-state index contributed by atoms with van der Waals surface area (Å²) >= 11 is 0. The molecule has 7 nitrogen and oxygen atoms in total. The monoisotopic (exact) mass is 432 g/mol. The van der Waals surface area contributed by atoms with E-state index in [1.54, 1.807) is 19.1 Å². The Morgan fingerprint density at radius 2 is 1.56 bits per heavy atom. The van der Waals surface area contributed by atoms with Gasteiger partial charge in [-0.25, -0.2) is 4.68 Å². The fourth-order valence-electron chi connectivity index (χ4n) is 3.68. The number of carbonyl (C=O) groups excluding carboxylic acids is 2. The molecule has 7 heteroatoms. The van der Waals surface area contributed by atoms with Crippen molar-refractivity contribution in [2.45, 2.75) is 47.6 Å². The van der Waals surface area contributed by atoms with Crippen LogP contribution in [0.15, 0.2) is 47.3 Å². The molecular formula is C25H28N4O3. The molecular weight excluding hydrogens is 404 g/mol. The number of rotatable bonds is 5. The molecule has 1 aromatic heterocycles. The molecule has 0 saturated heterocycles. The largest absolute Gasteiger partial charge is 0.326 e. The number of amides is 2. The van der Waals surface area contributed by atoms with Crippen molar-refractivity contribution < 1.29 is 9.59 Å². The number of anilines is 2. The highest BCUT2D eigenvalue weighted by atomic mass is 16.2. The van der Waals surface area contributed by atoms with Gasteiger partial charge in [-0.2, -0.15) is 5.10 Å². The van der Waals surface area contributed by atoms with Gasteiger partial charge in [0.15, 0.2) is 0 Å². The van der Waals surface area contributed by atoms with Gasteiger partial charge in [0.1, 0.15) is 6.04 Å². The van der Waals surface area contributed by atoms with Gasteiger partial charge in [-0.3, -0.25) is 14.4 Å². The van der Waals surface area contributed by atoms with E-state index < -0.39 is 6.04 Å². The number of nitrogens with one attached hydrogen (secondary N) is 2. The van der Waals surface area contributed by atoms with Crippen molar-refractivity contribution in [1.29, 1.82) is 0 Å². The van der Waals surface area contributed by atoms with Gasteiger partial charge in [0.2, 0.25) is 11.8 Å². The van der Waals surface area contributed by atoms with Crippen LogP contribution in [0.3, 0.4) is 0 Å². The second-order valence-electron chi connectivity index (χ2n) is 8.15. The summed E-state index contributed by atoms with van der Waals surface area (Å²) in [5, 5.41) is 10.2. The minimum atomic E-state index is -0.817. The molecule has 3 aromatic rings. The van der Waals surface area contributed by atoms with Crippen LogP contribution in [0.25, 0.3) is 11.3 Å². The highest BCUT2D eigenvalue weighted by molar-refractivity contribution is 5.95. The van der Waals surface area contributed by atoms with Crippen LogP contribution in [0.5, 0.6) is 0 Å². The molecule has 0 aliphatic carbocycles. The summed E-state index contributed by atoms with van der Waals surface area (Å²) in [7, 11) is 0. The second-order valence-corrected chi connectivity index (χ2v) is 8.15. The summed E-state index contributed by atoms with van der Waals surface area (Å²) in [6.07, 6.45) is 0. The Bertz CT molecular complexity index is 1240. The van der Waals surface area contributed by atoms with E-state index in [0.29, 0.717) is 11.4 Å². The number of benzene rings is 2. The van der Waals surface area contributed by atoms with E-state index in [1.165, 1.54) is 17.7 Å². The molecule has 0 unspecified atom stereocenters. The molecule has 3 rings (SSSR count). The molecule has 1 heterocycles. The predicted molar refractivity (Wildman–Crippen MR) is 127 cm³/mol. The zero-order chi connectivity index (χ0) is 23.6. The number of aromatic nitrogens is 2. The molecule has 0 saturated carbocycles. The smallest absolute Gasteiger partial charge is 0.267 e. The third-order valence-corrected chi connectivity index (χ3v) is 5.34. The summed E-state index contributed by atoms with van der Waals surface area (Å²) in [6.45, 7) is 10.9. The van der Waals surface area contributed by atoms with Crippen LogP contribution >= 0.6 is 0 Å². The van der Waals surface area contributed by atoms with E-state index in [4.69, 9.17) is 0 Å². The van der Waals surface area contributed by atoms with Gasteiger partial charge in [-0.1, -0.05) is 29.8 Å². The molecule has 0 aliphatic heterocycles. The summed E-state index contributed by atoms with van der Waals surface area (Å²) in [6, 6.07) is 11.7. The van der Waals surface area contributed by atoms with Crippen LogP contribution in [0, 0.1) is 27.7 Å². The lowest BCUT2D eigenvalue weighted by Crippen LogP contribution is -2.33. The van der Waals surface area contributed by atoms with E-state index in [2.05, 4.69) is 15.7 Å². The lowest BCUT2D eigenvalue weighted by molar-refractivity contribution is -0.119. The van der Waals surface area contributed by atoms with Crippen molar-refractivity contribution in [1.82, 2.24) is 9.78 Å². The molecule has 0 fully saturated rings. The quantitative estimate of drug-likeness (QED) is 0.629. The topological polar surface area (TPSA) is 93.1 Å². The summed E-state index contributed by atoms with van der Waals surface area (Å²) in [4.78, 5) is 36.9. The fourth-order valence-corrected chi connectivity index (χ4v) is 3.68. The first-order valence-corrected chi connectivity index (χ1v) is 10.4. The number of aryl methyl sites for hydroxylation is 4. The van der Waals surface area contributed by atoms with E-state index >= 15 is 0 Å². The lowest BCUT2D eigenvalue weighted by Gasteiger charge is -2.18. The number of nitrogens with zero attached hydrogens (tertiary/aromatic N) is 2. The first-order chi connectivity index (χ1) is 15.1. The van der Waals surface area contributed by atoms with Crippen molar-refractivity contribution in [3.8, 4) is 11.3 Å². The Hall–Kier alpha value is -3.74. The minimum absolute atomic E-state index is 0.171. The molecule has 0 radical (unpaired) electrons. The van der Waals surface area contributed by atoms with Crippen molar-refractivity contribution in [3.05, 3.63) is 75.1 Å². The van der Waals surface area contributed by atoms with Gasteiger partial charge in [-0.15, -0.1) is 0 Å². The zero-order valence-corrected chi connectivity index (χ0v) is 19.2. The zero-order valence-electron chi connectivity index (χ0n) is 19.2. The molecule has 32 heavy (non-hydrogen) atoms. The summed E-state index contributed by atoms with van der Waals surface area (Å²) in [5.41, 5.74) is 6.25. The molecule has 0 bridgehead atoms. The van der Waals surface area contributed by atoms with E-state index in [1.807, 2.05) is 52.0 Å². The van der Waals surface area contributed by atoms with Crippen LogP contribution in [0.4, 0.5) is 11.4 Å². The maximum atomic E-state index is 13.0. The minimum Gasteiger partial charge on any atom is -0.326 e. The summed E-state index contributed by atoms with van der Waals surface area (Å²) in [5.74, 6) is -0.496. The maximum Gasteiger partial charge on any atom is 0.267 e. The Morgan fingerprint density at radius 3 is 2.19 bits per heavy atom. The number of hydrogen-bond acceptors (Lipinski definition) is 4. The van der Waals surface area contributed by atoms with Crippen LogP contribution in [0.1, 0.15) is 42.1 Å². The molecule has 0 aliphatic rings. The Balaban J connectivity index is 1.93. The second kappa shape index (κ2) is 9.18. The first-order valence-electron chi connectivity index (χ1n) is 10.4. The Kier molecular flexibility index (Phi) is 6.58. The average Bonchev–Trinajstić information content (AvgIpc) is 2.71. The average molecular weight is 433 g/mol. The SMILES string of the molecule is CC(=O)Nc1cc(-c2ccc(=O)n([C@@H](C)C(=O)Nc3c(C)cc(C)cc3C)n2)ccc1C. The summed E-state index contributed by atoms with van der Waals surface area (Å²) < 4.78 is 1.18. The van der Waals surface area contributed by atoms with Crippen LogP contribution in [0.2, 0.25) is 0 Å². The number of carbonyl (C=O) groups is 2. The van der Waals surface area contributed by atoms with Crippen LogP contribution in [-0.2, 0) is 9.59 Å². The molecule has 2 N–H and O–H groups in total. The van der Waals surface area contributed by atoms with E-state index in [0.717, 1.165) is 33.5 Å². The fraction of sp³-hybridized carbons (Fsp3) is 0.280. The Labute approximate surface area is 187 Å². The van der Waals surface area contributed by atoms with Crippen LogP contribution < -0.4 is 16.2 Å². The van der Waals surface area contributed by atoms with Crippen molar-refractivity contribution in [2.75, 3.05) is 10.6 Å². The molecule has 2 amide bonds. The van der Waals surface area contributed by atoms with E-state index in [-0.39, 0.29) is 17.4 Å². The maximum absolute atomic E-state index is 13.0. The highest BCUT2D eigenvalue weighted by Gasteiger charge is 2.20. The predicted octanol–water partition coefficient (Wildman–Crippen LogP) is 4.30. The highest BCUT2D eigenvalue weighted by Crippen LogP contribution is 2.25. The van der Waals surface area contributed by atoms with Crippen molar-refractivity contribution in [2.24, 2.45) is 0 Å². The van der Waals surface area contributed by atoms with Crippen LogP contribution in [-0.4, -0.2) is 21.6 Å². The molecule has 0 spiro atoms. The molecule has 166 valence electrons. The molecule has 1 atom stereocenters. The number of hydrogen-bond donors (Lipinski definition) is 2. The Morgan fingerprint density at radius 1 is 0.906 bits per heavy atom. The van der Waals surface area contributed by atoms with Gasteiger partial charge in [0.05, 0.1) is 5.69 Å². The van der Waals surface area contributed by atoms with Crippen molar-refractivity contribution >= 4 is 23.2 Å². The third kappa shape index (κ3) is 4.94. The lowest BCUT2D eigenvalue weighted by atomic mass is 10.0. The van der Waals surface area contributed by atoms with Gasteiger partial charge >= 0.3 is 0 Å². The van der Waals surface area contributed by atoms with Gasteiger partial charge in [0.25, 0.3) is 5.56 Å². The van der Waals surface area contributed by atoms with E-state index in [9.17, 15) is 14.4 Å². The van der Waals surface area contributed by atoms with Gasteiger partial charge < -0.3 is 10.6 Å². The third-order valence-electron chi connectivity index (χ3n) is 5.34. The first kappa shape index (κ1) is 22.9. The van der Waals surface area contributed by atoms with Gasteiger partial charge in [0, 0.05) is 29.9 Å². The molecule has 2 aromatic carbocycles. The van der Waals surface area contributed by atoms with Crippen molar-refractivity contribution in [3.63, 3.8) is 0 Å².